The van der Waals surface area contributed by atoms with Gasteiger partial charge in [0.25, 0.3) is 0 Å². The summed E-state index contributed by atoms with van der Waals surface area (Å²) in [5.74, 6) is 0.0822. The van der Waals surface area contributed by atoms with Gasteiger partial charge < -0.3 is 4.57 Å². The van der Waals surface area contributed by atoms with Crippen LogP contribution in [0.15, 0.2) is 12.5 Å². The average Bonchev–Trinajstić information content (AvgIpc) is 2.50. The van der Waals surface area contributed by atoms with Crippen molar-refractivity contribution >= 4 is 11.6 Å². The van der Waals surface area contributed by atoms with E-state index in [-0.39, 0.29) is 23.9 Å². The number of hydrogen-bond acceptors (Lipinski definition) is 3. The number of Topliss-reactive ketones (excluding diaryl/α,β-unsaturated/α-hetero) is 2. The van der Waals surface area contributed by atoms with Crippen LogP contribution in [0, 0.1) is 0 Å². The van der Waals surface area contributed by atoms with Gasteiger partial charge in [-0.3, -0.25) is 9.59 Å². The van der Waals surface area contributed by atoms with E-state index in [4.69, 9.17) is 0 Å². The van der Waals surface area contributed by atoms with Gasteiger partial charge in [0.1, 0.15) is 11.6 Å². The van der Waals surface area contributed by atoms with Gasteiger partial charge in [0.05, 0.1) is 18.4 Å². The Bertz CT molecular complexity index is 365. The predicted octanol–water partition coefficient (Wildman–Crippen LogP) is 0.826. The average molecular weight is 192 g/mol. The largest absolute Gasteiger partial charge is 0.340 e. The van der Waals surface area contributed by atoms with E-state index in [0.717, 1.165) is 5.69 Å². The molecule has 0 aromatic carbocycles. The number of rotatable bonds is 1. The lowest BCUT2D eigenvalue weighted by atomic mass is 9.85. The zero-order valence-corrected chi connectivity index (χ0v) is 8.06. The van der Waals surface area contributed by atoms with Gasteiger partial charge in [-0.1, -0.05) is 0 Å². The molecule has 0 N–H and O–H groups in total. The molecule has 0 spiro atoms. The first-order valence-electron chi connectivity index (χ1n) is 4.66. The standard InChI is InChI=1S/C10H12N2O2/c1-12-5-10(11-6-12)7-2-8(13)4-9(14)3-7/h5-7H,2-4H2,1H3. The molecule has 1 aliphatic rings. The quantitative estimate of drug-likeness (QED) is 0.619. The number of hydrogen-bond donors (Lipinski definition) is 0. The lowest BCUT2D eigenvalue weighted by Gasteiger charge is -2.17. The fraction of sp³-hybridized carbons (Fsp3) is 0.500. The topological polar surface area (TPSA) is 52.0 Å². The van der Waals surface area contributed by atoms with Crippen molar-refractivity contribution in [3.63, 3.8) is 0 Å². The molecule has 1 aliphatic carbocycles. The molecule has 1 saturated carbocycles. The molecule has 1 fully saturated rings. The Labute approximate surface area is 81.9 Å². The summed E-state index contributed by atoms with van der Waals surface area (Å²) in [6, 6.07) is 0. The molecular formula is C10H12N2O2. The Morgan fingerprint density at radius 1 is 1.36 bits per heavy atom. The van der Waals surface area contributed by atoms with Crippen LogP contribution < -0.4 is 0 Å². The molecular weight excluding hydrogens is 180 g/mol. The molecule has 2 rings (SSSR count). The number of aromatic nitrogens is 2. The van der Waals surface area contributed by atoms with Gasteiger partial charge >= 0.3 is 0 Å². The lowest BCUT2D eigenvalue weighted by molar-refractivity contribution is -0.130. The summed E-state index contributed by atoms with van der Waals surface area (Å²) < 4.78 is 1.83. The molecule has 0 bridgehead atoms. The van der Waals surface area contributed by atoms with Crippen LogP contribution in [-0.4, -0.2) is 21.1 Å². The number of carbonyl (C=O) groups is 2. The summed E-state index contributed by atoms with van der Waals surface area (Å²) in [6.45, 7) is 0. The van der Waals surface area contributed by atoms with Crippen LogP contribution in [0.3, 0.4) is 0 Å². The summed E-state index contributed by atoms with van der Waals surface area (Å²) in [7, 11) is 1.88. The number of ketones is 2. The van der Waals surface area contributed by atoms with Gasteiger partial charge in [-0.05, 0) is 0 Å². The molecule has 0 atom stereocenters. The molecule has 1 aromatic heterocycles. The van der Waals surface area contributed by atoms with Gasteiger partial charge in [-0.25, -0.2) is 4.98 Å². The van der Waals surface area contributed by atoms with Crippen molar-refractivity contribution in [3.8, 4) is 0 Å². The molecule has 1 heterocycles. The first kappa shape index (κ1) is 9.12. The third kappa shape index (κ3) is 1.73. The molecule has 0 aliphatic heterocycles. The van der Waals surface area contributed by atoms with E-state index in [0.29, 0.717) is 12.8 Å². The molecule has 0 unspecified atom stereocenters. The van der Waals surface area contributed by atoms with E-state index in [1.165, 1.54) is 0 Å². The molecule has 74 valence electrons. The van der Waals surface area contributed by atoms with E-state index in [1.807, 2.05) is 17.8 Å². The first-order valence-corrected chi connectivity index (χ1v) is 4.66. The maximum absolute atomic E-state index is 11.2. The smallest absolute Gasteiger partial charge is 0.140 e. The van der Waals surface area contributed by atoms with Gasteiger partial charge in [-0.15, -0.1) is 0 Å². The minimum absolute atomic E-state index is 0.00458. The van der Waals surface area contributed by atoms with Crippen molar-refractivity contribution in [2.75, 3.05) is 0 Å². The molecule has 0 amide bonds. The Kier molecular flexibility index (Phi) is 2.19. The highest BCUT2D eigenvalue weighted by atomic mass is 16.1. The molecule has 0 radical (unpaired) electrons. The van der Waals surface area contributed by atoms with Crippen LogP contribution in [0.2, 0.25) is 0 Å². The highest BCUT2D eigenvalue weighted by molar-refractivity contribution is 6.02. The molecule has 0 saturated heterocycles. The van der Waals surface area contributed by atoms with Crippen LogP contribution >= 0.6 is 0 Å². The van der Waals surface area contributed by atoms with Gasteiger partial charge in [-0.2, -0.15) is 0 Å². The Balaban J connectivity index is 2.18. The van der Waals surface area contributed by atoms with Crippen LogP contribution in [0.25, 0.3) is 0 Å². The fourth-order valence-electron chi connectivity index (χ4n) is 1.84. The molecule has 4 nitrogen and oxygen atoms in total. The third-order valence-electron chi connectivity index (χ3n) is 2.49. The zero-order valence-electron chi connectivity index (χ0n) is 8.06. The predicted molar refractivity (Wildman–Crippen MR) is 49.8 cm³/mol. The van der Waals surface area contributed by atoms with Crippen molar-refractivity contribution in [2.24, 2.45) is 7.05 Å². The third-order valence-corrected chi connectivity index (χ3v) is 2.49. The highest BCUT2D eigenvalue weighted by Crippen LogP contribution is 2.27. The van der Waals surface area contributed by atoms with E-state index in [2.05, 4.69) is 4.98 Å². The lowest BCUT2D eigenvalue weighted by Crippen LogP contribution is -2.21. The summed E-state index contributed by atoms with van der Waals surface area (Å²) in [4.78, 5) is 26.6. The van der Waals surface area contributed by atoms with Crippen LogP contribution in [0.4, 0.5) is 0 Å². The molecule has 4 heteroatoms. The van der Waals surface area contributed by atoms with E-state index in [9.17, 15) is 9.59 Å². The van der Waals surface area contributed by atoms with Crippen molar-refractivity contribution < 1.29 is 9.59 Å². The number of nitrogens with zero attached hydrogens (tertiary/aromatic N) is 2. The van der Waals surface area contributed by atoms with Crippen LogP contribution in [0.5, 0.6) is 0 Å². The fourth-order valence-corrected chi connectivity index (χ4v) is 1.84. The second-order valence-electron chi connectivity index (χ2n) is 3.82. The summed E-state index contributed by atoms with van der Waals surface area (Å²) >= 11 is 0. The summed E-state index contributed by atoms with van der Waals surface area (Å²) in [5.41, 5.74) is 0.855. The van der Waals surface area contributed by atoms with Crippen molar-refractivity contribution in [1.29, 1.82) is 0 Å². The second kappa shape index (κ2) is 3.36. The molecule has 1 aromatic rings. The highest BCUT2D eigenvalue weighted by Gasteiger charge is 2.27. The minimum Gasteiger partial charge on any atom is -0.340 e. The van der Waals surface area contributed by atoms with Crippen molar-refractivity contribution in [2.45, 2.75) is 25.2 Å². The number of aryl methyl sites for hydroxylation is 1. The Hall–Kier alpha value is -1.45. The van der Waals surface area contributed by atoms with E-state index < -0.39 is 0 Å². The Morgan fingerprint density at radius 2 is 2.00 bits per heavy atom. The van der Waals surface area contributed by atoms with Gasteiger partial charge in [0.15, 0.2) is 0 Å². The maximum atomic E-state index is 11.2. The molecule has 14 heavy (non-hydrogen) atoms. The van der Waals surface area contributed by atoms with E-state index in [1.54, 1.807) is 6.33 Å². The maximum Gasteiger partial charge on any atom is 0.140 e. The van der Waals surface area contributed by atoms with Gasteiger partial charge in [0.2, 0.25) is 0 Å². The monoisotopic (exact) mass is 192 g/mol. The van der Waals surface area contributed by atoms with Crippen molar-refractivity contribution in [3.05, 3.63) is 18.2 Å². The number of imidazole rings is 1. The minimum atomic E-state index is 0.00458. The van der Waals surface area contributed by atoms with Gasteiger partial charge in [0, 0.05) is 32.0 Å². The van der Waals surface area contributed by atoms with Crippen LogP contribution in [-0.2, 0) is 16.6 Å². The first-order chi connectivity index (χ1) is 6.65. The Morgan fingerprint density at radius 3 is 2.50 bits per heavy atom. The SMILES string of the molecule is Cn1cnc(C2CC(=O)CC(=O)C2)c1. The summed E-state index contributed by atoms with van der Waals surface area (Å²) in [6.07, 6.45) is 4.60. The normalized spacial score (nSPS) is 18.9. The van der Waals surface area contributed by atoms with Crippen molar-refractivity contribution in [1.82, 2.24) is 9.55 Å². The van der Waals surface area contributed by atoms with Crippen LogP contribution in [0.1, 0.15) is 30.9 Å². The zero-order chi connectivity index (χ0) is 10.1. The van der Waals surface area contributed by atoms with E-state index >= 15 is 0 Å². The number of carbonyl (C=O) groups excluding carboxylic acids is 2. The summed E-state index contributed by atoms with van der Waals surface area (Å²) in [5, 5.41) is 0. The second-order valence-corrected chi connectivity index (χ2v) is 3.82.